The third kappa shape index (κ3) is 4.68. The van der Waals surface area contributed by atoms with Crippen LogP contribution in [0.5, 0.6) is 0 Å². The molecule has 4 N–H and O–H groups in total. The molecule has 3 fully saturated rings. The lowest BCUT2D eigenvalue weighted by molar-refractivity contribution is -0.769. The molecule has 3 heterocycles. The predicted molar refractivity (Wildman–Crippen MR) is 83.9 cm³/mol. The molecule has 0 aromatic heterocycles. The topological polar surface area (TPSA) is 146 Å². The van der Waals surface area contributed by atoms with Crippen LogP contribution in [-0.2, 0) is 23.9 Å². The summed E-state index contributed by atoms with van der Waals surface area (Å²) in [5.41, 5.74) is 0. The summed E-state index contributed by atoms with van der Waals surface area (Å²) in [7, 11) is 0. The van der Waals surface area contributed by atoms with E-state index in [4.69, 9.17) is 9.47 Å². The monoisotopic (exact) mass is 412 g/mol. The number of rotatable bonds is 6. The van der Waals surface area contributed by atoms with E-state index in [2.05, 4.69) is 15.5 Å². The number of carbonyl (C=O) groups is 2. The number of amides is 2. The van der Waals surface area contributed by atoms with Gasteiger partial charge in [-0.3, -0.25) is 9.59 Å². The highest BCUT2D eigenvalue weighted by Gasteiger charge is 2.50. The fraction of sp³-hybridized carbons (Fsp3) is 0.846. The van der Waals surface area contributed by atoms with Crippen molar-refractivity contribution in [3.8, 4) is 0 Å². The van der Waals surface area contributed by atoms with Crippen molar-refractivity contribution in [3.05, 3.63) is 10.1 Å². The molecule has 3 aliphatic heterocycles. The van der Waals surface area contributed by atoms with E-state index < -0.39 is 35.5 Å². The Morgan fingerprint density at radius 2 is 2.08 bits per heavy atom. The van der Waals surface area contributed by atoms with E-state index in [-0.39, 0.29) is 43.5 Å². The molecule has 26 heavy (non-hydrogen) atoms. The molecule has 3 aliphatic rings. The third-order valence-electron chi connectivity index (χ3n) is 4.44. The van der Waals surface area contributed by atoms with E-state index in [1.807, 2.05) is 5.32 Å². The molecule has 0 aliphatic carbocycles. The number of hydrogen-bond donors (Lipinski definition) is 3. The second kappa shape index (κ2) is 9.04. The first kappa shape index (κ1) is 21.0. The lowest BCUT2D eigenvalue weighted by atomic mass is 10.1. The maximum atomic E-state index is 12.3. The van der Waals surface area contributed by atoms with Crippen LogP contribution in [0.2, 0.25) is 0 Å². The smallest absolute Gasteiger partial charge is 0.294 e. The summed E-state index contributed by atoms with van der Waals surface area (Å²) in [5, 5.41) is 17.0. The lowest BCUT2D eigenvalue weighted by Crippen LogP contribution is -3.00. The molecule has 0 unspecified atom stereocenters. The van der Waals surface area contributed by atoms with Gasteiger partial charge in [-0.25, -0.2) is 0 Å². The van der Waals surface area contributed by atoms with Gasteiger partial charge in [0, 0.05) is 0 Å². The second-order valence-electron chi connectivity index (χ2n) is 6.19. The van der Waals surface area contributed by atoms with Crippen LogP contribution < -0.4 is 28.4 Å². The normalized spacial score (nSPS) is 33.7. The molecule has 13 heteroatoms. The quantitative estimate of drug-likeness (QED) is 0.289. The van der Waals surface area contributed by atoms with Gasteiger partial charge < -0.3 is 42.7 Å². The molecule has 0 aromatic rings. The van der Waals surface area contributed by atoms with Gasteiger partial charge in [-0.15, -0.1) is 10.1 Å². The Morgan fingerprint density at radius 3 is 2.73 bits per heavy atom. The van der Waals surface area contributed by atoms with Crippen molar-refractivity contribution in [3.63, 3.8) is 0 Å². The molecular weight excluding hydrogens is 392 g/mol. The number of halogens is 1. The first-order valence-corrected chi connectivity index (χ1v) is 9.17. The Kier molecular flexibility index (Phi) is 7.29. The van der Waals surface area contributed by atoms with E-state index >= 15 is 0 Å². The van der Waals surface area contributed by atoms with E-state index in [1.165, 1.54) is 0 Å². The van der Waals surface area contributed by atoms with E-state index in [0.717, 1.165) is 11.6 Å². The average Bonchev–Trinajstić information content (AvgIpc) is 3.27. The Labute approximate surface area is 159 Å². The van der Waals surface area contributed by atoms with Crippen LogP contribution in [0.3, 0.4) is 0 Å². The number of nitrogens with zero attached hydrogens (tertiary/aromatic N) is 1. The van der Waals surface area contributed by atoms with Crippen molar-refractivity contribution in [2.24, 2.45) is 0 Å². The highest BCUT2D eigenvalue weighted by atomic mass is 35.5. The van der Waals surface area contributed by atoms with Crippen molar-refractivity contribution in [2.75, 3.05) is 24.8 Å². The second-order valence-corrected chi connectivity index (χ2v) is 7.26. The van der Waals surface area contributed by atoms with Crippen LogP contribution in [-0.4, -0.2) is 78.2 Å². The maximum Gasteiger partial charge on any atom is 0.294 e. The Balaban J connectivity index is 0.00000243. The van der Waals surface area contributed by atoms with Gasteiger partial charge in [0.05, 0.1) is 25.0 Å². The Hall–Kier alpha value is -1.34. The minimum atomic E-state index is -0.873. The van der Waals surface area contributed by atoms with Gasteiger partial charge in [0.1, 0.15) is 24.1 Å². The lowest BCUT2D eigenvalue weighted by Gasteiger charge is -2.21. The van der Waals surface area contributed by atoms with Crippen LogP contribution in [0.1, 0.15) is 6.92 Å². The van der Waals surface area contributed by atoms with Gasteiger partial charge in [0.15, 0.2) is 12.1 Å². The maximum absolute atomic E-state index is 12.3. The molecule has 0 saturated carbocycles. The number of hydrogen-bond acceptors (Lipinski definition) is 8. The summed E-state index contributed by atoms with van der Waals surface area (Å²) in [5.74, 6) is 1.05. The fourth-order valence-corrected chi connectivity index (χ4v) is 4.16. The SMILES string of the molecule is C[C@@H](NC(=O)[C@@H]1CSC[NH2+]1)C(=O)N[C@H]1CO[C@H]2[C@@H]1OC[C@@H]2O[N+](=O)[O-].[Cl-]. The summed E-state index contributed by atoms with van der Waals surface area (Å²) in [4.78, 5) is 39.4. The number of thioether (sulfide) groups is 1. The van der Waals surface area contributed by atoms with Crippen molar-refractivity contribution in [1.82, 2.24) is 10.6 Å². The van der Waals surface area contributed by atoms with Gasteiger partial charge in [0.2, 0.25) is 5.91 Å². The molecule has 3 saturated heterocycles. The molecule has 0 radical (unpaired) electrons. The van der Waals surface area contributed by atoms with Crippen molar-refractivity contribution < 1.29 is 46.7 Å². The molecule has 11 nitrogen and oxygen atoms in total. The minimum absolute atomic E-state index is 0. The summed E-state index contributed by atoms with van der Waals surface area (Å²) in [6.07, 6.45) is -1.89. The standard InChI is InChI=1S/C13H20N4O7S.ClH/c1-6(15-13(19)8-4-25-5-14-8)12(18)16-7-2-22-11-9(24-17(20)21)3-23-10(7)11;/h6-11,14H,2-5H2,1H3,(H,15,19)(H,16,18);1H/t6-,7+,8+,9+,10-,11-;/m1./s1. The first-order chi connectivity index (χ1) is 12.0. The summed E-state index contributed by atoms with van der Waals surface area (Å²) >= 11 is 1.68. The molecule has 0 bridgehead atoms. The van der Waals surface area contributed by atoms with Crippen molar-refractivity contribution >= 4 is 23.6 Å². The molecule has 3 rings (SSSR count). The number of ether oxygens (including phenoxy) is 2. The summed E-state index contributed by atoms with van der Waals surface area (Å²) in [6.45, 7) is 1.81. The molecule has 2 amide bonds. The molecular formula is C13H21ClN4O7S. The van der Waals surface area contributed by atoms with Gasteiger partial charge in [0.25, 0.3) is 11.0 Å². The van der Waals surface area contributed by atoms with Crippen molar-refractivity contribution in [2.45, 2.75) is 43.4 Å². The zero-order valence-electron chi connectivity index (χ0n) is 14.0. The van der Waals surface area contributed by atoms with Crippen molar-refractivity contribution in [1.29, 1.82) is 0 Å². The minimum Gasteiger partial charge on any atom is -1.00 e. The van der Waals surface area contributed by atoms with E-state index in [9.17, 15) is 19.7 Å². The largest absolute Gasteiger partial charge is 1.00 e. The zero-order valence-corrected chi connectivity index (χ0v) is 15.5. The van der Waals surface area contributed by atoms with Gasteiger partial charge in [-0.2, -0.15) is 0 Å². The van der Waals surface area contributed by atoms with E-state index in [0.29, 0.717) is 0 Å². The van der Waals surface area contributed by atoms with Crippen LogP contribution in [0, 0.1) is 10.1 Å². The van der Waals surface area contributed by atoms with E-state index in [1.54, 1.807) is 18.7 Å². The first-order valence-electron chi connectivity index (χ1n) is 8.02. The van der Waals surface area contributed by atoms with Gasteiger partial charge in [-0.05, 0) is 6.92 Å². The van der Waals surface area contributed by atoms with Crippen LogP contribution in [0.15, 0.2) is 0 Å². The summed E-state index contributed by atoms with van der Waals surface area (Å²) < 4.78 is 11.0. The number of fused-ring (bicyclic) bond motifs is 1. The Morgan fingerprint density at radius 1 is 1.35 bits per heavy atom. The molecule has 6 atom stereocenters. The molecule has 0 spiro atoms. The Bertz CT molecular complexity index is 551. The van der Waals surface area contributed by atoms with Crippen LogP contribution in [0.25, 0.3) is 0 Å². The molecule has 0 aromatic carbocycles. The highest BCUT2D eigenvalue weighted by Crippen LogP contribution is 2.28. The number of carbonyl (C=O) groups excluding carboxylic acids is 2. The average molecular weight is 413 g/mol. The number of quaternary nitrogens is 1. The van der Waals surface area contributed by atoms with Gasteiger partial charge >= 0.3 is 0 Å². The fourth-order valence-electron chi connectivity index (χ4n) is 3.11. The highest BCUT2D eigenvalue weighted by molar-refractivity contribution is 7.99. The number of nitrogens with two attached hydrogens (primary N) is 1. The van der Waals surface area contributed by atoms with Crippen LogP contribution in [0.4, 0.5) is 0 Å². The van der Waals surface area contributed by atoms with Crippen LogP contribution >= 0.6 is 11.8 Å². The predicted octanol–water partition coefficient (Wildman–Crippen LogP) is -6.01. The number of nitrogens with one attached hydrogen (secondary N) is 2. The van der Waals surface area contributed by atoms with Gasteiger partial charge in [-0.1, -0.05) is 11.8 Å². The zero-order chi connectivity index (χ0) is 18.0. The summed E-state index contributed by atoms with van der Waals surface area (Å²) in [6, 6.07) is -1.30. The molecule has 148 valence electrons. The third-order valence-corrected chi connectivity index (χ3v) is 5.46.